The SMILES string of the molecule is CCCCCCCCCC(=O)O.CCCCCCCCCC/C=N/N=C(N)N. The maximum atomic E-state index is 10.1. The molecule has 0 aliphatic rings. The fourth-order valence-corrected chi connectivity index (χ4v) is 2.77. The fourth-order valence-electron chi connectivity index (χ4n) is 2.77. The molecule has 0 atom stereocenters. The van der Waals surface area contributed by atoms with Crippen LogP contribution in [0.3, 0.4) is 0 Å². The molecule has 0 aromatic heterocycles. The Bertz CT molecular complexity index is 381. The Labute approximate surface area is 173 Å². The van der Waals surface area contributed by atoms with Crippen molar-refractivity contribution < 1.29 is 9.90 Å². The molecule has 0 aromatic rings. The van der Waals surface area contributed by atoms with Crippen molar-refractivity contribution in [1.82, 2.24) is 0 Å². The number of nitrogens with zero attached hydrogens (tertiary/aromatic N) is 2. The predicted octanol–water partition coefficient (Wildman–Crippen LogP) is 5.99. The Morgan fingerprint density at radius 2 is 1.18 bits per heavy atom. The van der Waals surface area contributed by atoms with Crippen molar-refractivity contribution in [2.24, 2.45) is 21.7 Å². The molecule has 0 aromatic carbocycles. The maximum Gasteiger partial charge on any atom is 0.303 e. The van der Waals surface area contributed by atoms with E-state index < -0.39 is 5.97 Å². The molecule has 6 heteroatoms. The molecule has 166 valence electrons. The van der Waals surface area contributed by atoms with Crippen LogP contribution < -0.4 is 11.5 Å². The molecule has 0 rings (SSSR count). The van der Waals surface area contributed by atoms with Crippen molar-refractivity contribution in [3.05, 3.63) is 0 Å². The van der Waals surface area contributed by atoms with Crippen LogP contribution >= 0.6 is 0 Å². The number of hydrogen-bond acceptors (Lipinski definition) is 3. The first-order chi connectivity index (χ1) is 13.5. The van der Waals surface area contributed by atoms with Gasteiger partial charge in [-0.25, -0.2) is 0 Å². The van der Waals surface area contributed by atoms with Gasteiger partial charge in [-0.05, 0) is 19.3 Å². The van der Waals surface area contributed by atoms with Gasteiger partial charge in [0, 0.05) is 12.6 Å². The number of unbranched alkanes of at least 4 members (excludes halogenated alkanes) is 14. The lowest BCUT2D eigenvalue weighted by atomic mass is 10.1. The van der Waals surface area contributed by atoms with Crippen LogP contribution in [0.2, 0.25) is 0 Å². The summed E-state index contributed by atoms with van der Waals surface area (Å²) in [6.07, 6.45) is 22.0. The third kappa shape index (κ3) is 32.1. The van der Waals surface area contributed by atoms with Crippen LogP contribution in [0.15, 0.2) is 10.2 Å². The van der Waals surface area contributed by atoms with E-state index in [1.54, 1.807) is 6.21 Å². The van der Waals surface area contributed by atoms with Crippen LogP contribution in [-0.4, -0.2) is 23.2 Å². The van der Waals surface area contributed by atoms with Gasteiger partial charge in [0.15, 0.2) is 0 Å². The molecule has 0 fully saturated rings. The average Bonchev–Trinajstić information content (AvgIpc) is 2.65. The highest BCUT2D eigenvalue weighted by Gasteiger charge is 1.95. The van der Waals surface area contributed by atoms with Gasteiger partial charge in [0.25, 0.3) is 0 Å². The number of carboxylic acid groups (broad SMARTS) is 1. The smallest absolute Gasteiger partial charge is 0.303 e. The number of hydrogen-bond donors (Lipinski definition) is 3. The van der Waals surface area contributed by atoms with Gasteiger partial charge in [0.1, 0.15) is 0 Å². The average molecular weight is 399 g/mol. The summed E-state index contributed by atoms with van der Waals surface area (Å²) in [5, 5.41) is 15.6. The molecular weight excluding hydrogens is 352 g/mol. The fraction of sp³-hybridized carbons (Fsp3) is 0.864. The second kappa shape index (κ2) is 25.4. The minimum absolute atomic E-state index is 0.0205. The van der Waals surface area contributed by atoms with Crippen molar-refractivity contribution >= 4 is 18.1 Å². The summed E-state index contributed by atoms with van der Waals surface area (Å²) in [7, 11) is 0. The minimum atomic E-state index is -0.663. The van der Waals surface area contributed by atoms with Crippen molar-refractivity contribution in [2.75, 3.05) is 0 Å². The molecule has 0 aliphatic carbocycles. The van der Waals surface area contributed by atoms with Gasteiger partial charge in [-0.2, -0.15) is 5.10 Å². The lowest BCUT2D eigenvalue weighted by Crippen LogP contribution is -2.21. The highest BCUT2D eigenvalue weighted by molar-refractivity contribution is 5.76. The molecule has 5 N–H and O–H groups in total. The number of guanidine groups is 1. The van der Waals surface area contributed by atoms with Crippen molar-refractivity contribution in [1.29, 1.82) is 0 Å². The number of carbonyl (C=O) groups is 1. The van der Waals surface area contributed by atoms with E-state index in [1.807, 2.05) is 0 Å². The van der Waals surface area contributed by atoms with Crippen LogP contribution in [0.1, 0.15) is 123 Å². The number of rotatable bonds is 18. The summed E-state index contributed by atoms with van der Waals surface area (Å²) >= 11 is 0. The largest absolute Gasteiger partial charge is 0.481 e. The maximum absolute atomic E-state index is 10.1. The first kappa shape index (κ1) is 28.6. The monoisotopic (exact) mass is 398 g/mol. The zero-order valence-corrected chi connectivity index (χ0v) is 18.5. The third-order valence-corrected chi connectivity index (χ3v) is 4.44. The molecule has 0 saturated carbocycles. The van der Waals surface area contributed by atoms with E-state index in [4.69, 9.17) is 16.6 Å². The van der Waals surface area contributed by atoms with Crippen molar-refractivity contribution in [3.8, 4) is 0 Å². The summed E-state index contributed by atoms with van der Waals surface area (Å²) in [5.74, 6) is -0.643. The van der Waals surface area contributed by atoms with Crippen molar-refractivity contribution in [2.45, 2.75) is 123 Å². The van der Waals surface area contributed by atoms with E-state index in [-0.39, 0.29) is 5.96 Å². The molecule has 0 saturated heterocycles. The Hall–Kier alpha value is -1.59. The molecule has 0 aliphatic heterocycles. The Morgan fingerprint density at radius 1 is 0.750 bits per heavy atom. The quantitative estimate of drug-likeness (QED) is 0.114. The second-order valence-corrected chi connectivity index (χ2v) is 7.35. The highest BCUT2D eigenvalue weighted by atomic mass is 16.4. The Kier molecular flexibility index (Phi) is 26.0. The van der Waals surface area contributed by atoms with E-state index in [9.17, 15) is 4.79 Å². The van der Waals surface area contributed by atoms with Crippen LogP contribution in [-0.2, 0) is 4.79 Å². The second-order valence-electron chi connectivity index (χ2n) is 7.35. The lowest BCUT2D eigenvalue weighted by molar-refractivity contribution is -0.137. The summed E-state index contributed by atoms with van der Waals surface area (Å²) in [4.78, 5) is 10.1. The van der Waals surface area contributed by atoms with Gasteiger partial charge in [0.05, 0.1) is 0 Å². The molecule has 0 radical (unpaired) electrons. The van der Waals surface area contributed by atoms with E-state index in [0.29, 0.717) is 6.42 Å². The zero-order chi connectivity index (χ0) is 21.3. The third-order valence-electron chi connectivity index (χ3n) is 4.44. The number of carboxylic acids is 1. The first-order valence-electron chi connectivity index (χ1n) is 11.4. The van der Waals surface area contributed by atoms with Crippen LogP contribution in [0.5, 0.6) is 0 Å². The van der Waals surface area contributed by atoms with Gasteiger partial charge in [-0.1, -0.05) is 97.3 Å². The number of nitrogens with two attached hydrogens (primary N) is 2. The van der Waals surface area contributed by atoms with E-state index >= 15 is 0 Å². The van der Waals surface area contributed by atoms with E-state index in [0.717, 1.165) is 19.3 Å². The van der Waals surface area contributed by atoms with Crippen LogP contribution in [0, 0.1) is 0 Å². The van der Waals surface area contributed by atoms with E-state index in [1.165, 1.54) is 83.5 Å². The van der Waals surface area contributed by atoms with E-state index in [2.05, 4.69) is 24.1 Å². The summed E-state index contributed by atoms with van der Waals surface area (Å²) in [5.41, 5.74) is 10.3. The molecule has 0 spiro atoms. The Morgan fingerprint density at radius 3 is 1.61 bits per heavy atom. The normalized spacial score (nSPS) is 10.5. The first-order valence-corrected chi connectivity index (χ1v) is 11.4. The van der Waals surface area contributed by atoms with Crippen LogP contribution in [0.4, 0.5) is 0 Å². The molecule has 0 amide bonds. The molecule has 0 heterocycles. The molecule has 0 unspecified atom stereocenters. The summed E-state index contributed by atoms with van der Waals surface area (Å²) in [6.45, 7) is 4.44. The van der Waals surface area contributed by atoms with Gasteiger partial charge in [-0.15, -0.1) is 5.10 Å². The minimum Gasteiger partial charge on any atom is -0.481 e. The summed E-state index contributed by atoms with van der Waals surface area (Å²) in [6, 6.07) is 0. The number of aliphatic carboxylic acids is 1. The molecule has 6 nitrogen and oxygen atoms in total. The van der Waals surface area contributed by atoms with Gasteiger partial charge in [0.2, 0.25) is 5.96 Å². The van der Waals surface area contributed by atoms with Crippen molar-refractivity contribution in [3.63, 3.8) is 0 Å². The van der Waals surface area contributed by atoms with Gasteiger partial charge in [-0.3, -0.25) is 4.79 Å². The van der Waals surface area contributed by atoms with Crippen LogP contribution in [0.25, 0.3) is 0 Å². The standard InChI is InChI=1S/C12H26N4.C10H20O2/c1-2-3-4-5-6-7-8-9-10-11-15-16-12(13)14;1-2-3-4-5-6-7-8-9-10(11)12/h11H,2-10H2,1H3,(H4,13,14,16);2-9H2,1H3,(H,11,12)/b15-11+;. The zero-order valence-electron chi connectivity index (χ0n) is 18.5. The highest BCUT2D eigenvalue weighted by Crippen LogP contribution is 2.09. The molecule has 28 heavy (non-hydrogen) atoms. The Balaban J connectivity index is 0. The predicted molar refractivity (Wildman–Crippen MR) is 122 cm³/mol. The van der Waals surface area contributed by atoms with Gasteiger partial charge >= 0.3 is 5.97 Å². The lowest BCUT2D eigenvalue weighted by Gasteiger charge is -1.99. The molecular formula is C22H46N4O2. The molecule has 0 bridgehead atoms. The topological polar surface area (TPSA) is 114 Å². The summed E-state index contributed by atoms with van der Waals surface area (Å²) < 4.78 is 0. The van der Waals surface area contributed by atoms with Gasteiger partial charge < -0.3 is 16.6 Å².